The van der Waals surface area contributed by atoms with Crippen LogP contribution in [0.25, 0.3) is 0 Å². The Labute approximate surface area is 143 Å². The van der Waals surface area contributed by atoms with E-state index in [9.17, 15) is 9.59 Å². The third kappa shape index (κ3) is 6.75. The lowest BCUT2D eigenvalue weighted by molar-refractivity contribution is -0.141. The number of nitrogens with zero attached hydrogens (tertiary/aromatic N) is 2. The first-order valence-electron chi connectivity index (χ1n) is 6.67. The fourth-order valence-electron chi connectivity index (χ4n) is 1.59. The molecule has 0 aliphatic rings. The van der Waals surface area contributed by atoms with E-state index in [2.05, 4.69) is 5.10 Å². The van der Waals surface area contributed by atoms with Crippen molar-refractivity contribution in [3.05, 3.63) is 27.7 Å². The lowest BCUT2D eigenvalue weighted by atomic mass is 10.2. The van der Waals surface area contributed by atoms with Crippen LogP contribution in [0.5, 0.6) is 5.75 Å². The van der Waals surface area contributed by atoms with Gasteiger partial charge in [-0.25, -0.2) is 0 Å². The molecule has 0 fully saturated rings. The van der Waals surface area contributed by atoms with Crippen LogP contribution in [0.4, 0.5) is 0 Å². The molecule has 1 aromatic rings. The molecule has 0 aliphatic carbocycles. The summed E-state index contributed by atoms with van der Waals surface area (Å²) in [5.41, 5.74) is 0.490. The van der Waals surface area contributed by atoms with Crippen molar-refractivity contribution in [3.63, 3.8) is 0 Å². The molecule has 126 valence electrons. The van der Waals surface area contributed by atoms with E-state index < -0.39 is 25.0 Å². The number of carbonyl (C=O) groups is 2. The van der Waals surface area contributed by atoms with Gasteiger partial charge in [0.25, 0.3) is 0 Å². The lowest BCUT2D eigenvalue weighted by Gasteiger charge is -2.14. The molecule has 0 spiro atoms. The van der Waals surface area contributed by atoms with Gasteiger partial charge < -0.3 is 14.9 Å². The smallest absolute Gasteiger partial charge is 0.324 e. The van der Waals surface area contributed by atoms with E-state index in [1.807, 2.05) is 6.92 Å². The van der Waals surface area contributed by atoms with E-state index in [0.29, 0.717) is 17.9 Å². The molecule has 9 heteroatoms. The van der Waals surface area contributed by atoms with Gasteiger partial charge in [-0.1, -0.05) is 30.1 Å². The first-order valence-corrected chi connectivity index (χ1v) is 7.43. The predicted molar refractivity (Wildman–Crippen MR) is 86.7 cm³/mol. The Morgan fingerprint density at radius 3 is 2.17 bits per heavy atom. The maximum absolute atomic E-state index is 10.7. The van der Waals surface area contributed by atoms with Crippen molar-refractivity contribution in [2.24, 2.45) is 5.10 Å². The fourth-order valence-corrected chi connectivity index (χ4v) is 2.21. The summed E-state index contributed by atoms with van der Waals surface area (Å²) in [6, 6.07) is 3.09. The Balaban J connectivity index is 2.92. The molecular weight excluding hydrogens is 347 g/mol. The summed E-state index contributed by atoms with van der Waals surface area (Å²) in [5.74, 6) is -2.02. The molecule has 0 amide bonds. The zero-order chi connectivity index (χ0) is 17.4. The molecule has 0 unspecified atom stereocenters. The number of carboxylic acids is 2. The van der Waals surface area contributed by atoms with Crippen molar-refractivity contribution in [1.29, 1.82) is 0 Å². The van der Waals surface area contributed by atoms with Crippen molar-refractivity contribution in [1.82, 2.24) is 5.01 Å². The number of benzene rings is 1. The van der Waals surface area contributed by atoms with Crippen LogP contribution in [0.15, 0.2) is 17.2 Å². The molecule has 1 rings (SSSR count). The Kier molecular flexibility index (Phi) is 7.64. The molecule has 7 nitrogen and oxygen atoms in total. The molecule has 1 aromatic carbocycles. The van der Waals surface area contributed by atoms with Crippen LogP contribution >= 0.6 is 23.2 Å². The topological polar surface area (TPSA) is 99.4 Å². The maximum atomic E-state index is 10.7. The highest BCUT2D eigenvalue weighted by Gasteiger charge is 2.12. The van der Waals surface area contributed by atoms with Gasteiger partial charge in [0.15, 0.2) is 5.75 Å². The quantitative estimate of drug-likeness (QED) is 0.517. The molecular formula is C14H16Cl2N2O5. The van der Waals surface area contributed by atoms with Crippen molar-refractivity contribution in [2.45, 2.75) is 13.3 Å². The maximum Gasteiger partial charge on any atom is 0.324 e. The van der Waals surface area contributed by atoms with Crippen LogP contribution < -0.4 is 4.74 Å². The van der Waals surface area contributed by atoms with E-state index in [-0.39, 0.29) is 10.0 Å². The molecule has 0 atom stereocenters. The Hall–Kier alpha value is -1.99. The Morgan fingerprint density at radius 1 is 1.22 bits per heavy atom. The molecule has 0 heterocycles. The molecule has 0 bridgehead atoms. The van der Waals surface area contributed by atoms with Gasteiger partial charge in [-0.05, 0) is 24.1 Å². The third-order valence-electron chi connectivity index (χ3n) is 2.48. The van der Waals surface area contributed by atoms with Gasteiger partial charge in [-0.15, -0.1) is 0 Å². The van der Waals surface area contributed by atoms with Crippen LogP contribution in [-0.2, 0) is 9.59 Å². The second-order valence-electron chi connectivity index (χ2n) is 4.52. The lowest BCUT2D eigenvalue weighted by Crippen LogP contribution is -2.30. The molecule has 0 radical (unpaired) electrons. The molecule has 23 heavy (non-hydrogen) atoms. The van der Waals surface area contributed by atoms with Crippen molar-refractivity contribution < 1.29 is 24.5 Å². The van der Waals surface area contributed by atoms with E-state index in [0.717, 1.165) is 11.4 Å². The second-order valence-corrected chi connectivity index (χ2v) is 5.33. The first kappa shape index (κ1) is 19.1. The van der Waals surface area contributed by atoms with Crippen LogP contribution in [0.3, 0.4) is 0 Å². The van der Waals surface area contributed by atoms with Gasteiger partial charge in [0, 0.05) is 0 Å². The summed E-state index contributed by atoms with van der Waals surface area (Å²) in [6.45, 7) is 1.34. The van der Waals surface area contributed by atoms with Crippen molar-refractivity contribution in [3.8, 4) is 5.75 Å². The summed E-state index contributed by atoms with van der Waals surface area (Å²) < 4.78 is 5.43. The zero-order valence-electron chi connectivity index (χ0n) is 12.3. The fraction of sp³-hybridized carbons (Fsp3) is 0.357. The number of rotatable bonds is 9. The highest BCUT2D eigenvalue weighted by molar-refractivity contribution is 6.37. The number of hydrazone groups is 1. The van der Waals surface area contributed by atoms with Gasteiger partial charge in [0.2, 0.25) is 0 Å². The number of halogens is 2. The van der Waals surface area contributed by atoms with E-state index in [4.69, 9.17) is 38.2 Å². The molecule has 0 aliphatic heterocycles. The minimum Gasteiger partial charge on any atom is -0.490 e. The van der Waals surface area contributed by atoms with Crippen LogP contribution in [-0.4, -0.2) is 53.1 Å². The summed E-state index contributed by atoms with van der Waals surface area (Å²) >= 11 is 12.2. The van der Waals surface area contributed by atoms with Gasteiger partial charge in [0.05, 0.1) is 22.9 Å². The number of ether oxygens (including phenoxy) is 1. The molecule has 0 aromatic heterocycles. The van der Waals surface area contributed by atoms with Crippen molar-refractivity contribution >= 4 is 41.4 Å². The zero-order valence-corrected chi connectivity index (χ0v) is 13.8. The highest BCUT2D eigenvalue weighted by Crippen LogP contribution is 2.33. The Morgan fingerprint density at radius 2 is 1.74 bits per heavy atom. The van der Waals surface area contributed by atoms with Crippen molar-refractivity contribution in [2.75, 3.05) is 19.7 Å². The van der Waals surface area contributed by atoms with Gasteiger partial charge >= 0.3 is 11.9 Å². The van der Waals surface area contributed by atoms with Crippen LogP contribution in [0, 0.1) is 0 Å². The van der Waals surface area contributed by atoms with E-state index >= 15 is 0 Å². The summed E-state index contributed by atoms with van der Waals surface area (Å²) in [5, 5.41) is 22.8. The number of hydrogen-bond donors (Lipinski definition) is 2. The van der Waals surface area contributed by atoms with Crippen LogP contribution in [0.2, 0.25) is 10.0 Å². The summed E-state index contributed by atoms with van der Waals surface area (Å²) in [4.78, 5) is 21.4. The highest BCUT2D eigenvalue weighted by atomic mass is 35.5. The normalized spacial score (nSPS) is 10.7. The van der Waals surface area contributed by atoms with E-state index in [1.165, 1.54) is 6.21 Å². The van der Waals surface area contributed by atoms with Crippen LogP contribution in [0.1, 0.15) is 18.9 Å². The standard InChI is InChI=1S/C14H16Cl2N2O5/c1-2-3-23-14-10(15)4-9(5-11(14)16)6-17-18(7-12(19)20)8-13(21)22/h4-6H,2-3,7-8H2,1H3,(H,19,20)(H,21,22)/b17-6-. The summed E-state index contributed by atoms with van der Waals surface area (Å²) in [6.07, 6.45) is 2.09. The number of aliphatic carboxylic acids is 2. The largest absolute Gasteiger partial charge is 0.490 e. The first-order chi connectivity index (χ1) is 10.8. The average Bonchev–Trinajstić information content (AvgIpc) is 2.43. The Bertz CT molecular complexity index is 568. The SMILES string of the molecule is CCCOc1c(Cl)cc(/C=N\N(CC(=O)O)CC(=O)O)cc1Cl. The number of carboxylic acid groups (broad SMARTS) is 2. The molecule has 0 saturated carbocycles. The van der Waals surface area contributed by atoms with Gasteiger partial charge in [0.1, 0.15) is 13.1 Å². The monoisotopic (exact) mass is 362 g/mol. The molecule has 2 N–H and O–H groups in total. The second kappa shape index (κ2) is 9.22. The van der Waals surface area contributed by atoms with Gasteiger partial charge in [-0.2, -0.15) is 5.10 Å². The van der Waals surface area contributed by atoms with Gasteiger partial charge in [-0.3, -0.25) is 14.6 Å². The summed E-state index contributed by atoms with van der Waals surface area (Å²) in [7, 11) is 0. The minimum atomic E-state index is -1.19. The minimum absolute atomic E-state index is 0.287. The third-order valence-corrected chi connectivity index (χ3v) is 3.04. The predicted octanol–water partition coefficient (Wildman–Crippen LogP) is 2.59. The number of hydrogen-bond acceptors (Lipinski definition) is 5. The average molecular weight is 363 g/mol. The van der Waals surface area contributed by atoms with E-state index in [1.54, 1.807) is 12.1 Å². The molecule has 0 saturated heterocycles.